The molecule has 0 nitrogen and oxygen atoms in total. The Hall–Kier alpha value is -1.04. The molecule has 0 bridgehead atoms. The minimum atomic E-state index is -1.97. The van der Waals surface area contributed by atoms with E-state index in [1.807, 2.05) is 43.3 Å². The number of hydrogen-bond acceptors (Lipinski definition) is 0. The molecular formula is C12H16. The minimum Gasteiger partial charge on any atom is -0.0798 e. The third-order valence-corrected chi connectivity index (χ3v) is 1.83. The first-order chi connectivity index (χ1) is 6.91. The van der Waals surface area contributed by atoms with Crippen molar-refractivity contribution in [2.45, 2.75) is 26.6 Å². The van der Waals surface area contributed by atoms with Crippen molar-refractivity contribution in [2.24, 2.45) is 0 Å². The third-order valence-electron chi connectivity index (χ3n) is 1.83. The van der Waals surface area contributed by atoms with Crippen molar-refractivity contribution in [1.29, 1.82) is 0 Å². The lowest BCUT2D eigenvalue weighted by Crippen LogP contribution is -1.88. The second-order valence-corrected chi connectivity index (χ2v) is 3.05. The molecule has 12 heavy (non-hydrogen) atoms. The Bertz CT molecular complexity index is 336. The fraction of sp³-hybridized carbons (Fsp3) is 0.333. The maximum atomic E-state index is 7.26. The average Bonchev–Trinajstić information content (AvgIpc) is 2.17. The molecule has 0 unspecified atom stereocenters. The van der Waals surface area contributed by atoms with Crippen LogP contribution in [0, 0.1) is 0 Å². The fourth-order valence-electron chi connectivity index (χ4n) is 1.23. The van der Waals surface area contributed by atoms with Crippen molar-refractivity contribution in [1.82, 2.24) is 0 Å². The Balaban J connectivity index is 2.84. The number of allylic oxidation sites excluding steroid dienone is 2. The van der Waals surface area contributed by atoms with Gasteiger partial charge in [-0.1, -0.05) is 48.9 Å². The largest absolute Gasteiger partial charge is 0.0798 e. The van der Waals surface area contributed by atoms with Gasteiger partial charge >= 0.3 is 0 Å². The Morgan fingerprint density at radius 1 is 1.42 bits per heavy atom. The van der Waals surface area contributed by atoms with E-state index in [0.29, 0.717) is 5.57 Å². The van der Waals surface area contributed by atoms with E-state index in [1.54, 1.807) is 6.92 Å². The lowest BCUT2D eigenvalue weighted by molar-refractivity contribution is 0.952. The van der Waals surface area contributed by atoms with Gasteiger partial charge in [0.15, 0.2) is 0 Å². The lowest BCUT2D eigenvalue weighted by Gasteiger charge is -2.06. The summed E-state index contributed by atoms with van der Waals surface area (Å²) < 4.78 is 21.8. The van der Waals surface area contributed by atoms with Crippen LogP contribution in [-0.2, 0) is 0 Å². The number of hydrogen-bond donors (Lipinski definition) is 0. The second kappa shape index (κ2) is 4.10. The van der Waals surface area contributed by atoms with Crippen LogP contribution in [0.2, 0.25) is 0 Å². The SMILES string of the molecule is [2H]C([2H])([2H])/C(C)=C/[C@H](C)c1ccccc1. The van der Waals surface area contributed by atoms with Gasteiger partial charge in [0, 0.05) is 4.11 Å². The normalized spacial score (nSPS) is 19.2. The molecule has 1 aromatic rings. The van der Waals surface area contributed by atoms with E-state index < -0.39 is 6.85 Å². The quantitative estimate of drug-likeness (QED) is 0.582. The van der Waals surface area contributed by atoms with Gasteiger partial charge < -0.3 is 0 Å². The van der Waals surface area contributed by atoms with Crippen molar-refractivity contribution in [3.8, 4) is 0 Å². The van der Waals surface area contributed by atoms with Crippen LogP contribution in [0.3, 0.4) is 0 Å². The first-order valence-corrected chi connectivity index (χ1v) is 4.15. The predicted octanol–water partition coefficient (Wildman–Crippen LogP) is 3.76. The van der Waals surface area contributed by atoms with E-state index in [1.165, 1.54) is 0 Å². The minimum absolute atomic E-state index is 0.145. The first-order valence-electron chi connectivity index (χ1n) is 5.65. The molecule has 0 aliphatic rings. The summed E-state index contributed by atoms with van der Waals surface area (Å²) in [4.78, 5) is 0. The van der Waals surface area contributed by atoms with Crippen LogP contribution in [0.5, 0.6) is 0 Å². The van der Waals surface area contributed by atoms with Crippen LogP contribution in [0.1, 0.15) is 36.3 Å². The fourth-order valence-corrected chi connectivity index (χ4v) is 1.23. The summed E-state index contributed by atoms with van der Waals surface area (Å²) in [6.45, 7) is 1.69. The molecule has 1 rings (SSSR count). The molecule has 0 heteroatoms. The molecule has 0 heterocycles. The van der Waals surface area contributed by atoms with Crippen molar-refractivity contribution < 1.29 is 4.11 Å². The zero-order valence-electron chi connectivity index (χ0n) is 10.5. The molecule has 0 aliphatic heterocycles. The molecule has 64 valence electrons. The molecule has 1 aromatic carbocycles. The molecular weight excluding hydrogens is 144 g/mol. The number of benzene rings is 1. The monoisotopic (exact) mass is 163 g/mol. The Morgan fingerprint density at radius 2 is 2.08 bits per heavy atom. The predicted molar refractivity (Wildman–Crippen MR) is 54.3 cm³/mol. The van der Waals surface area contributed by atoms with Gasteiger partial charge in [-0.2, -0.15) is 0 Å². The summed E-state index contributed by atoms with van der Waals surface area (Å²) in [6, 6.07) is 9.90. The summed E-state index contributed by atoms with van der Waals surface area (Å²) in [5.41, 5.74) is 1.60. The van der Waals surface area contributed by atoms with Crippen LogP contribution in [-0.4, -0.2) is 0 Å². The molecule has 0 aliphatic carbocycles. The van der Waals surface area contributed by atoms with E-state index in [-0.39, 0.29) is 5.92 Å². The molecule has 0 saturated heterocycles. The van der Waals surface area contributed by atoms with Crippen molar-refractivity contribution >= 4 is 0 Å². The highest BCUT2D eigenvalue weighted by molar-refractivity contribution is 5.23. The van der Waals surface area contributed by atoms with Crippen molar-refractivity contribution in [2.75, 3.05) is 0 Å². The highest BCUT2D eigenvalue weighted by Gasteiger charge is 1.98. The number of rotatable bonds is 2. The molecule has 0 N–H and O–H groups in total. The maximum absolute atomic E-state index is 7.26. The highest BCUT2D eigenvalue weighted by Crippen LogP contribution is 2.17. The Morgan fingerprint density at radius 3 is 2.67 bits per heavy atom. The van der Waals surface area contributed by atoms with Gasteiger partial charge in [0.2, 0.25) is 0 Å². The second-order valence-electron chi connectivity index (χ2n) is 3.05. The van der Waals surface area contributed by atoms with Crippen LogP contribution in [0.25, 0.3) is 0 Å². The Labute approximate surface area is 79.1 Å². The van der Waals surface area contributed by atoms with Gasteiger partial charge in [0.05, 0.1) is 0 Å². The van der Waals surface area contributed by atoms with E-state index in [2.05, 4.69) is 0 Å². The molecule has 0 spiro atoms. The zero-order valence-corrected chi connectivity index (χ0v) is 7.54. The maximum Gasteiger partial charge on any atom is 0.0276 e. The molecule has 0 amide bonds. The standard InChI is InChI=1S/C12H16/c1-10(2)9-11(3)12-7-5-4-6-8-12/h4-9,11H,1-3H3/t11-/m0/s1/i1D3/b10-9-. The van der Waals surface area contributed by atoms with Gasteiger partial charge in [-0.25, -0.2) is 0 Å². The summed E-state index contributed by atoms with van der Waals surface area (Å²) in [5.74, 6) is 0.145. The third kappa shape index (κ3) is 2.54. The molecule has 0 radical (unpaired) electrons. The highest BCUT2D eigenvalue weighted by atomic mass is 14.0. The first kappa shape index (κ1) is 5.58. The van der Waals surface area contributed by atoms with Crippen molar-refractivity contribution in [3.63, 3.8) is 0 Å². The summed E-state index contributed by atoms with van der Waals surface area (Å²) in [7, 11) is 0. The molecule has 0 aromatic heterocycles. The molecule has 1 atom stereocenters. The summed E-state index contributed by atoms with van der Waals surface area (Å²) in [6.07, 6.45) is 1.81. The van der Waals surface area contributed by atoms with Gasteiger partial charge in [-0.05, 0) is 25.3 Å². The van der Waals surface area contributed by atoms with E-state index in [0.717, 1.165) is 5.56 Å². The average molecular weight is 163 g/mol. The lowest BCUT2D eigenvalue weighted by atomic mass is 9.99. The van der Waals surface area contributed by atoms with Gasteiger partial charge in [0.1, 0.15) is 0 Å². The zero-order chi connectivity index (χ0) is 11.5. The van der Waals surface area contributed by atoms with Crippen LogP contribution < -0.4 is 0 Å². The van der Waals surface area contributed by atoms with Crippen LogP contribution in [0.4, 0.5) is 0 Å². The summed E-state index contributed by atoms with van der Waals surface area (Å²) in [5, 5.41) is 0. The summed E-state index contributed by atoms with van der Waals surface area (Å²) >= 11 is 0. The van der Waals surface area contributed by atoms with Crippen LogP contribution in [0.15, 0.2) is 42.0 Å². The van der Waals surface area contributed by atoms with Crippen molar-refractivity contribution in [3.05, 3.63) is 47.5 Å². The van der Waals surface area contributed by atoms with E-state index in [9.17, 15) is 0 Å². The topological polar surface area (TPSA) is 0 Å². The van der Waals surface area contributed by atoms with Gasteiger partial charge in [-0.3, -0.25) is 0 Å². The Kier molecular flexibility index (Phi) is 1.91. The van der Waals surface area contributed by atoms with Gasteiger partial charge in [-0.15, -0.1) is 0 Å². The van der Waals surface area contributed by atoms with E-state index >= 15 is 0 Å². The van der Waals surface area contributed by atoms with Gasteiger partial charge in [0.25, 0.3) is 0 Å². The van der Waals surface area contributed by atoms with E-state index in [4.69, 9.17) is 4.11 Å². The molecule has 0 saturated carbocycles. The smallest absolute Gasteiger partial charge is 0.0276 e. The molecule has 0 fully saturated rings. The van der Waals surface area contributed by atoms with Crippen LogP contribution >= 0.6 is 0 Å².